The number of fused-ring (bicyclic) bond motifs is 1. The summed E-state index contributed by atoms with van der Waals surface area (Å²) in [4.78, 5) is 15.1. The fourth-order valence-electron chi connectivity index (χ4n) is 4.27. The third kappa shape index (κ3) is 4.42. The highest BCUT2D eigenvalue weighted by molar-refractivity contribution is 7.88. The Kier molecular flexibility index (Phi) is 5.85. The van der Waals surface area contributed by atoms with Crippen LogP contribution < -0.4 is 10.6 Å². The lowest BCUT2D eigenvalue weighted by Crippen LogP contribution is -2.48. The van der Waals surface area contributed by atoms with Crippen molar-refractivity contribution in [1.29, 1.82) is 0 Å². The summed E-state index contributed by atoms with van der Waals surface area (Å²) < 4.78 is 25.1. The Hall–Kier alpha value is -3.27. The van der Waals surface area contributed by atoms with Crippen LogP contribution in [0.1, 0.15) is 0 Å². The van der Waals surface area contributed by atoms with E-state index in [4.69, 9.17) is 17.3 Å². The number of halogens is 1. The number of hydrogen-bond donors (Lipinski definition) is 1. The van der Waals surface area contributed by atoms with Gasteiger partial charge < -0.3 is 10.6 Å². The van der Waals surface area contributed by atoms with Crippen molar-refractivity contribution in [2.45, 2.75) is 0 Å². The van der Waals surface area contributed by atoms with Gasteiger partial charge in [0.25, 0.3) is 0 Å². The summed E-state index contributed by atoms with van der Waals surface area (Å²) in [6, 6.07) is 15.6. The fraction of sp³-hybridized carbons (Fsp3) is 0.208. The maximum atomic E-state index is 11.8. The zero-order valence-electron chi connectivity index (χ0n) is 18.5. The van der Waals surface area contributed by atoms with Crippen molar-refractivity contribution >= 4 is 44.0 Å². The van der Waals surface area contributed by atoms with Crippen LogP contribution in [0.2, 0.25) is 5.02 Å². The van der Waals surface area contributed by atoms with Gasteiger partial charge in [0.15, 0.2) is 0 Å². The number of nitrogens with zero attached hydrogens (tertiary/aromatic N) is 5. The molecule has 0 spiro atoms. The second kappa shape index (κ2) is 8.83. The van der Waals surface area contributed by atoms with Crippen LogP contribution >= 0.6 is 11.6 Å². The van der Waals surface area contributed by atoms with Gasteiger partial charge in [-0.3, -0.25) is 0 Å². The number of aromatic nitrogens is 3. The Balaban J connectivity index is 1.48. The third-order valence-electron chi connectivity index (χ3n) is 6.02. The summed E-state index contributed by atoms with van der Waals surface area (Å²) in [7, 11) is -3.18. The van der Waals surface area contributed by atoms with Crippen LogP contribution in [-0.4, -0.2) is 60.1 Å². The average molecular weight is 495 g/mol. The zero-order chi connectivity index (χ0) is 23.9. The van der Waals surface area contributed by atoms with Gasteiger partial charge in [-0.05, 0) is 47.5 Å². The van der Waals surface area contributed by atoms with Gasteiger partial charge in [-0.2, -0.15) is 4.31 Å². The van der Waals surface area contributed by atoms with Gasteiger partial charge in [0.05, 0.1) is 28.2 Å². The van der Waals surface area contributed by atoms with E-state index in [2.05, 4.69) is 19.9 Å². The Morgan fingerprint density at radius 2 is 1.62 bits per heavy atom. The summed E-state index contributed by atoms with van der Waals surface area (Å²) in [5, 5.41) is 1.50. The molecule has 2 N–H and O–H groups in total. The number of hydrogen-bond acceptors (Lipinski definition) is 7. The van der Waals surface area contributed by atoms with Crippen molar-refractivity contribution in [2.24, 2.45) is 0 Å². The molecule has 3 heterocycles. The lowest BCUT2D eigenvalue weighted by Gasteiger charge is -2.35. The number of piperazine rings is 1. The van der Waals surface area contributed by atoms with Gasteiger partial charge >= 0.3 is 0 Å². The zero-order valence-corrected chi connectivity index (χ0v) is 20.1. The van der Waals surface area contributed by atoms with Crippen LogP contribution in [0.3, 0.4) is 0 Å². The molecule has 0 unspecified atom stereocenters. The summed E-state index contributed by atoms with van der Waals surface area (Å²) >= 11 is 6.70. The molecule has 1 saturated heterocycles. The van der Waals surface area contributed by atoms with E-state index in [-0.39, 0.29) is 0 Å². The van der Waals surface area contributed by atoms with Crippen molar-refractivity contribution in [1.82, 2.24) is 19.3 Å². The van der Waals surface area contributed by atoms with Crippen LogP contribution in [-0.2, 0) is 10.0 Å². The van der Waals surface area contributed by atoms with Crippen LogP contribution in [0.15, 0.2) is 61.1 Å². The second-order valence-corrected chi connectivity index (χ2v) is 10.6. The van der Waals surface area contributed by atoms with Gasteiger partial charge in [-0.25, -0.2) is 23.4 Å². The van der Waals surface area contributed by atoms with Gasteiger partial charge in [-0.15, -0.1) is 0 Å². The molecule has 34 heavy (non-hydrogen) atoms. The Labute approximate surface area is 203 Å². The molecule has 0 bridgehead atoms. The maximum absolute atomic E-state index is 11.8. The van der Waals surface area contributed by atoms with Crippen molar-refractivity contribution < 1.29 is 8.42 Å². The first-order chi connectivity index (χ1) is 16.3. The van der Waals surface area contributed by atoms with E-state index < -0.39 is 10.0 Å². The van der Waals surface area contributed by atoms with E-state index in [1.165, 1.54) is 10.6 Å². The highest BCUT2D eigenvalue weighted by atomic mass is 35.5. The molecule has 0 aliphatic carbocycles. The number of sulfonamides is 1. The van der Waals surface area contributed by atoms with E-state index in [0.717, 1.165) is 39.0 Å². The average Bonchev–Trinajstić information content (AvgIpc) is 2.83. The molecule has 5 rings (SSSR count). The monoisotopic (exact) mass is 494 g/mol. The molecule has 4 aromatic rings. The minimum atomic E-state index is -3.18. The molecule has 10 heteroatoms. The number of nitrogens with two attached hydrogens (primary N) is 1. The number of pyridine rings is 1. The highest BCUT2D eigenvalue weighted by Gasteiger charge is 2.24. The number of rotatable bonds is 4. The summed E-state index contributed by atoms with van der Waals surface area (Å²) in [6.45, 7) is 2.05. The van der Waals surface area contributed by atoms with Crippen molar-refractivity contribution in [2.75, 3.05) is 43.1 Å². The third-order valence-corrected chi connectivity index (χ3v) is 7.63. The molecule has 2 aromatic carbocycles. The first-order valence-corrected chi connectivity index (χ1v) is 13.0. The number of anilines is 2. The Morgan fingerprint density at radius 3 is 2.32 bits per heavy atom. The van der Waals surface area contributed by atoms with Gasteiger partial charge in [-0.1, -0.05) is 23.7 Å². The van der Waals surface area contributed by atoms with Gasteiger partial charge in [0, 0.05) is 43.3 Å². The van der Waals surface area contributed by atoms with E-state index in [1.54, 1.807) is 12.5 Å². The molecular formula is C24H23ClN6O2S. The Morgan fingerprint density at radius 1 is 0.882 bits per heavy atom. The molecule has 174 valence electrons. The molecule has 8 nitrogen and oxygen atoms in total. The minimum Gasteiger partial charge on any atom is -0.384 e. The summed E-state index contributed by atoms with van der Waals surface area (Å²) in [6.07, 6.45) is 4.48. The summed E-state index contributed by atoms with van der Waals surface area (Å²) in [5.74, 6) is 0.460. The first kappa shape index (κ1) is 22.5. The molecule has 1 aliphatic heterocycles. The fourth-order valence-corrected chi connectivity index (χ4v) is 5.39. The van der Waals surface area contributed by atoms with E-state index in [0.29, 0.717) is 37.0 Å². The molecular weight excluding hydrogens is 472 g/mol. The molecule has 0 atom stereocenters. The van der Waals surface area contributed by atoms with E-state index in [9.17, 15) is 8.42 Å². The lowest BCUT2D eigenvalue weighted by molar-refractivity contribution is 0.388. The predicted molar refractivity (Wildman–Crippen MR) is 136 cm³/mol. The van der Waals surface area contributed by atoms with Crippen molar-refractivity contribution in [3.8, 4) is 22.4 Å². The van der Waals surface area contributed by atoms with Gasteiger partial charge in [0.2, 0.25) is 10.0 Å². The van der Waals surface area contributed by atoms with Gasteiger partial charge in [0.1, 0.15) is 12.1 Å². The van der Waals surface area contributed by atoms with Crippen LogP contribution in [0.25, 0.3) is 33.3 Å². The molecule has 0 amide bonds. The maximum Gasteiger partial charge on any atom is 0.211 e. The second-order valence-electron chi connectivity index (χ2n) is 8.24. The molecule has 1 aliphatic rings. The van der Waals surface area contributed by atoms with Crippen LogP contribution in [0.4, 0.5) is 11.5 Å². The lowest BCUT2D eigenvalue weighted by atomic mass is 10.0. The van der Waals surface area contributed by atoms with E-state index >= 15 is 0 Å². The normalized spacial score (nSPS) is 15.1. The minimum absolute atomic E-state index is 0.440. The van der Waals surface area contributed by atoms with Crippen LogP contribution in [0, 0.1) is 0 Å². The van der Waals surface area contributed by atoms with E-state index in [1.807, 2.05) is 48.5 Å². The largest absolute Gasteiger partial charge is 0.384 e. The Bertz CT molecular complexity index is 1490. The standard InChI is InChI=1S/C24H23ClN6O2S/c1-34(32,33)31-10-8-30(9-11-31)22-5-3-18(13-20(22)25)24-19-12-16(2-4-21(19)28-15-29-24)17-6-7-27-23(26)14-17/h2-7,12-15H,8-11H2,1H3,(H2,26,27). The molecule has 2 aromatic heterocycles. The highest BCUT2D eigenvalue weighted by Crippen LogP contribution is 2.35. The topological polar surface area (TPSA) is 105 Å². The molecule has 1 fully saturated rings. The molecule has 0 saturated carbocycles. The van der Waals surface area contributed by atoms with Crippen LogP contribution in [0.5, 0.6) is 0 Å². The molecule has 0 radical (unpaired) electrons. The SMILES string of the molecule is CS(=O)(=O)N1CCN(c2ccc(-c3ncnc4ccc(-c5ccnc(N)c5)cc34)cc2Cl)CC1. The number of nitrogen functional groups attached to an aromatic ring is 1. The predicted octanol–water partition coefficient (Wildman–Crippen LogP) is 3.68. The smallest absolute Gasteiger partial charge is 0.211 e. The summed E-state index contributed by atoms with van der Waals surface area (Å²) in [5.41, 5.74) is 11.2. The number of benzene rings is 2. The van der Waals surface area contributed by atoms with Crippen molar-refractivity contribution in [3.05, 3.63) is 66.1 Å². The van der Waals surface area contributed by atoms with Crippen molar-refractivity contribution in [3.63, 3.8) is 0 Å². The first-order valence-electron chi connectivity index (χ1n) is 10.8. The quantitative estimate of drug-likeness (QED) is 0.461.